The first-order chi connectivity index (χ1) is 5.77. The van der Waals surface area contributed by atoms with Crippen LogP contribution in [0.1, 0.15) is 23.7 Å². The third-order valence-corrected chi connectivity index (χ3v) is 2.70. The molecule has 2 N–H and O–H groups in total. The molecule has 1 heterocycles. The summed E-state index contributed by atoms with van der Waals surface area (Å²) in [6, 6.07) is 0.300. The molecule has 1 unspecified atom stereocenters. The molecular formula is C8H14N2OS. The fourth-order valence-electron chi connectivity index (χ4n) is 0.882. The molecule has 0 saturated carbocycles. The third kappa shape index (κ3) is 2.27. The Morgan fingerprint density at radius 3 is 3.08 bits per heavy atom. The highest BCUT2D eigenvalue weighted by Crippen LogP contribution is 2.16. The molecule has 0 spiro atoms. The van der Waals surface area contributed by atoms with Gasteiger partial charge in [0.1, 0.15) is 0 Å². The minimum atomic E-state index is 0.181. The Labute approximate surface area is 76.5 Å². The van der Waals surface area contributed by atoms with Crippen LogP contribution in [0.25, 0.3) is 0 Å². The van der Waals surface area contributed by atoms with Crippen LogP contribution in [0.3, 0.4) is 0 Å². The van der Waals surface area contributed by atoms with Crippen LogP contribution >= 0.6 is 11.3 Å². The highest BCUT2D eigenvalue weighted by Gasteiger charge is 2.06. The maximum absolute atomic E-state index is 8.68. The number of aliphatic hydroxyl groups is 1. The third-order valence-electron chi connectivity index (χ3n) is 1.77. The van der Waals surface area contributed by atoms with Gasteiger partial charge in [-0.3, -0.25) is 0 Å². The van der Waals surface area contributed by atoms with E-state index in [1.54, 1.807) is 11.3 Å². The summed E-state index contributed by atoms with van der Waals surface area (Å²) in [5.74, 6) is 0. The molecule has 1 aromatic heterocycles. The normalized spacial score (nSPS) is 13.2. The molecule has 0 amide bonds. The number of nitrogens with zero attached hydrogens (tertiary/aromatic N) is 1. The highest BCUT2D eigenvalue weighted by molar-refractivity contribution is 7.09. The van der Waals surface area contributed by atoms with E-state index in [-0.39, 0.29) is 6.61 Å². The number of aliphatic hydroxyl groups excluding tert-OH is 1. The Morgan fingerprint density at radius 1 is 1.75 bits per heavy atom. The van der Waals surface area contributed by atoms with Crippen LogP contribution in [0.2, 0.25) is 0 Å². The molecule has 4 heteroatoms. The Bertz CT molecular complexity index is 237. The van der Waals surface area contributed by atoms with Gasteiger partial charge in [0.15, 0.2) is 0 Å². The molecule has 1 atom stereocenters. The van der Waals surface area contributed by atoms with Crippen molar-refractivity contribution in [2.45, 2.75) is 19.4 Å². The number of nitrogens with one attached hydrogen (secondary N) is 1. The van der Waals surface area contributed by atoms with E-state index in [0.717, 1.165) is 10.7 Å². The molecular weight excluding hydrogens is 172 g/mol. The summed E-state index contributed by atoms with van der Waals surface area (Å²) in [6.07, 6.45) is 0.668. The Morgan fingerprint density at radius 2 is 2.50 bits per heavy atom. The van der Waals surface area contributed by atoms with Gasteiger partial charge in [0.2, 0.25) is 0 Å². The maximum atomic E-state index is 8.68. The van der Waals surface area contributed by atoms with Crippen molar-refractivity contribution in [1.82, 2.24) is 10.3 Å². The molecule has 1 rings (SSSR count). The predicted molar refractivity (Wildman–Crippen MR) is 50.4 cm³/mol. The van der Waals surface area contributed by atoms with Crippen molar-refractivity contribution >= 4 is 11.3 Å². The maximum Gasteiger partial charge on any atom is 0.0951 e. The van der Waals surface area contributed by atoms with Crippen molar-refractivity contribution in [3.8, 4) is 0 Å². The van der Waals surface area contributed by atoms with Crippen molar-refractivity contribution in [2.24, 2.45) is 0 Å². The Hall–Kier alpha value is -0.450. The van der Waals surface area contributed by atoms with Crippen LogP contribution in [0.5, 0.6) is 0 Å². The number of thiazole rings is 1. The molecule has 0 radical (unpaired) electrons. The zero-order valence-corrected chi connectivity index (χ0v) is 8.19. The number of hydrogen-bond acceptors (Lipinski definition) is 4. The SMILES string of the molecule is CNC(C)c1csc(CCO)n1. The molecule has 12 heavy (non-hydrogen) atoms. The second-order valence-electron chi connectivity index (χ2n) is 2.65. The van der Waals surface area contributed by atoms with Crippen LogP contribution in [-0.4, -0.2) is 23.7 Å². The topological polar surface area (TPSA) is 45.1 Å². The molecule has 0 fully saturated rings. The highest BCUT2D eigenvalue weighted by atomic mass is 32.1. The molecule has 68 valence electrons. The Kier molecular flexibility index (Phi) is 3.65. The van der Waals surface area contributed by atoms with Gasteiger partial charge in [-0.2, -0.15) is 0 Å². The monoisotopic (exact) mass is 186 g/mol. The predicted octanol–water partition coefficient (Wildman–Crippen LogP) is 0.958. The Balaban J connectivity index is 2.63. The summed E-state index contributed by atoms with van der Waals surface area (Å²) >= 11 is 1.61. The molecule has 0 aliphatic rings. The van der Waals surface area contributed by atoms with Gasteiger partial charge in [-0.1, -0.05) is 0 Å². The zero-order chi connectivity index (χ0) is 8.97. The van der Waals surface area contributed by atoms with E-state index in [1.165, 1.54) is 0 Å². The molecule has 3 nitrogen and oxygen atoms in total. The largest absolute Gasteiger partial charge is 0.396 e. The van der Waals surface area contributed by atoms with Crippen molar-refractivity contribution < 1.29 is 5.11 Å². The summed E-state index contributed by atoms with van der Waals surface area (Å²) in [5.41, 5.74) is 1.06. The molecule has 0 saturated heterocycles. The summed E-state index contributed by atoms with van der Waals surface area (Å²) in [5, 5.41) is 14.8. The smallest absolute Gasteiger partial charge is 0.0951 e. The van der Waals surface area contributed by atoms with Crippen molar-refractivity contribution in [2.75, 3.05) is 13.7 Å². The quantitative estimate of drug-likeness (QED) is 0.736. The van der Waals surface area contributed by atoms with E-state index >= 15 is 0 Å². The zero-order valence-electron chi connectivity index (χ0n) is 7.37. The lowest BCUT2D eigenvalue weighted by molar-refractivity contribution is 0.299. The van der Waals surface area contributed by atoms with Gasteiger partial charge < -0.3 is 10.4 Å². The van der Waals surface area contributed by atoms with Crippen LogP contribution < -0.4 is 5.32 Å². The second-order valence-corrected chi connectivity index (χ2v) is 3.59. The van der Waals surface area contributed by atoms with E-state index < -0.39 is 0 Å². The van der Waals surface area contributed by atoms with E-state index in [1.807, 2.05) is 12.4 Å². The fraction of sp³-hybridized carbons (Fsp3) is 0.625. The van der Waals surface area contributed by atoms with Gasteiger partial charge in [-0.25, -0.2) is 4.98 Å². The molecule has 0 aliphatic carbocycles. The lowest BCUT2D eigenvalue weighted by Crippen LogP contribution is -2.12. The van der Waals surface area contributed by atoms with Gasteiger partial charge in [-0.05, 0) is 14.0 Å². The fourth-order valence-corrected chi connectivity index (χ4v) is 1.76. The summed E-state index contributed by atoms with van der Waals surface area (Å²) in [6.45, 7) is 2.25. The number of hydrogen-bond donors (Lipinski definition) is 2. The van der Waals surface area contributed by atoms with Crippen LogP contribution in [0.4, 0.5) is 0 Å². The standard InChI is InChI=1S/C8H14N2OS/c1-6(9-2)7-5-12-8(10-7)3-4-11/h5-6,9,11H,3-4H2,1-2H3. The van der Waals surface area contributed by atoms with Crippen LogP contribution in [0.15, 0.2) is 5.38 Å². The van der Waals surface area contributed by atoms with Gasteiger partial charge >= 0.3 is 0 Å². The molecule has 1 aromatic rings. The van der Waals surface area contributed by atoms with Gasteiger partial charge in [0.25, 0.3) is 0 Å². The molecule has 0 aliphatic heterocycles. The minimum absolute atomic E-state index is 0.181. The number of rotatable bonds is 4. The van der Waals surface area contributed by atoms with Gasteiger partial charge in [0, 0.05) is 24.4 Å². The van der Waals surface area contributed by atoms with Gasteiger partial charge in [0.05, 0.1) is 10.7 Å². The van der Waals surface area contributed by atoms with E-state index in [9.17, 15) is 0 Å². The van der Waals surface area contributed by atoms with Crippen molar-refractivity contribution in [1.29, 1.82) is 0 Å². The van der Waals surface area contributed by atoms with Crippen LogP contribution in [0, 0.1) is 0 Å². The average molecular weight is 186 g/mol. The summed E-state index contributed by atoms with van der Waals surface area (Å²) in [7, 11) is 1.91. The summed E-state index contributed by atoms with van der Waals surface area (Å²) in [4.78, 5) is 4.37. The molecule has 0 aromatic carbocycles. The van der Waals surface area contributed by atoms with E-state index in [4.69, 9.17) is 5.11 Å². The van der Waals surface area contributed by atoms with Crippen molar-refractivity contribution in [3.05, 3.63) is 16.1 Å². The van der Waals surface area contributed by atoms with E-state index in [2.05, 4.69) is 17.2 Å². The van der Waals surface area contributed by atoms with Gasteiger partial charge in [-0.15, -0.1) is 11.3 Å². The first-order valence-corrected chi connectivity index (χ1v) is 4.88. The second kappa shape index (κ2) is 4.54. The van der Waals surface area contributed by atoms with E-state index in [0.29, 0.717) is 12.5 Å². The van der Waals surface area contributed by atoms with Crippen LogP contribution in [-0.2, 0) is 6.42 Å². The minimum Gasteiger partial charge on any atom is -0.396 e. The first kappa shape index (κ1) is 9.64. The summed E-state index contributed by atoms with van der Waals surface area (Å²) < 4.78 is 0. The molecule has 0 bridgehead atoms. The number of aromatic nitrogens is 1. The lowest BCUT2D eigenvalue weighted by Gasteiger charge is -2.04. The first-order valence-electron chi connectivity index (χ1n) is 4.00. The lowest BCUT2D eigenvalue weighted by atomic mass is 10.3. The van der Waals surface area contributed by atoms with Crippen molar-refractivity contribution in [3.63, 3.8) is 0 Å². The average Bonchev–Trinajstić information content (AvgIpc) is 2.52.